The molecule has 0 spiro atoms. The second kappa shape index (κ2) is 7.75. The number of fused-ring (bicyclic) bond motifs is 1. The van der Waals surface area contributed by atoms with Gasteiger partial charge < -0.3 is 10.6 Å². The van der Waals surface area contributed by atoms with Gasteiger partial charge in [0, 0.05) is 28.4 Å². The first kappa shape index (κ1) is 19.5. The van der Waals surface area contributed by atoms with Crippen LogP contribution in [0, 0.1) is 30.6 Å². The van der Waals surface area contributed by atoms with E-state index in [1.807, 2.05) is 0 Å². The molecule has 7 heteroatoms. The van der Waals surface area contributed by atoms with Crippen LogP contribution in [0.4, 0.5) is 0 Å². The minimum atomic E-state index is 0.125. The zero-order valence-corrected chi connectivity index (χ0v) is 19.1. The van der Waals surface area contributed by atoms with Crippen molar-refractivity contribution in [2.75, 3.05) is 5.75 Å². The SMILES string of the molecule is Cc1cc2c(SCC(=O)N[C@H]3CC[C@H]3NC3C4CC5CC(C4)CC3C5)ncnc2s1. The smallest absolute Gasteiger partial charge is 0.230 e. The first-order chi connectivity index (χ1) is 14.6. The third kappa shape index (κ3) is 3.56. The number of thioether (sulfide) groups is 1. The number of aromatic nitrogens is 2. The maximum absolute atomic E-state index is 12.6. The molecule has 5 nitrogen and oxygen atoms in total. The molecule has 7 rings (SSSR count). The van der Waals surface area contributed by atoms with Gasteiger partial charge in [0.25, 0.3) is 0 Å². The van der Waals surface area contributed by atoms with Gasteiger partial charge in [-0.2, -0.15) is 0 Å². The van der Waals surface area contributed by atoms with E-state index in [0.717, 1.165) is 45.3 Å². The molecule has 30 heavy (non-hydrogen) atoms. The van der Waals surface area contributed by atoms with E-state index in [4.69, 9.17) is 0 Å². The number of hydrogen-bond donors (Lipinski definition) is 2. The fraction of sp³-hybridized carbons (Fsp3) is 0.696. The number of rotatable bonds is 6. The molecular formula is C23H30N4OS2. The highest BCUT2D eigenvalue weighted by molar-refractivity contribution is 8.00. The van der Waals surface area contributed by atoms with Crippen molar-refractivity contribution in [1.82, 2.24) is 20.6 Å². The molecule has 2 atom stereocenters. The maximum atomic E-state index is 12.6. The van der Waals surface area contributed by atoms with Crippen LogP contribution < -0.4 is 10.6 Å². The second-order valence-electron chi connectivity index (χ2n) is 10.0. The fourth-order valence-corrected chi connectivity index (χ4v) is 8.46. The first-order valence-corrected chi connectivity index (χ1v) is 13.3. The highest BCUT2D eigenvalue weighted by Gasteiger charge is 2.49. The normalized spacial score (nSPS) is 36.8. The molecule has 0 aliphatic heterocycles. The maximum Gasteiger partial charge on any atom is 0.230 e. The van der Waals surface area contributed by atoms with Crippen LogP contribution in [0.15, 0.2) is 17.4 Å². The van der Waals surface area contributed by atoms with E-state index < -0.39 is 0 Å². The van der Waals surface area contributed by atoms with Crippen molar-refractivity contribution in [3.63, 3.8) is 0 Å². The van der Waals surface area contributed by atoms with E-state index in [9.17, 15) is 4.79 Å². The Hall–Kier alpha value is -1.18. The summed E-state index contributed by atoms with van der Waals surface area (Å²) in [6.07, 6.45) is 11.2. The Morgan fingerprint density at radius 1 is 1.10 bits per heavy atom. The van der Waals surface area contributed by atoms with Crippen LogP contribution in [-0.2, 0) is 4.79 Å². The Labute approximate surface area is 186 Å². The largest absolute Gasteiger partial charge is 0.351 e. The molecule has 4 bridgehead atoms. The predicted octanol–water partition coefficient (Wildman–Crippen LogP) is 4.15. The van der Waals surface area contributed by atoms with E-state index in [2.05, 4.69) is 33.6 Å². The summed E-state index contributed by atoms with van der Waals surface area (Å²) in [5.74, 6) is 4.35. The molecule has 0 aromatic carbocycles. The van der Waals surface area contributed by atoms with Gasteiger partial charge in [0.2, 0.25) is 5.91 Å². The molecule has 5 saturated carbocycles. The predicted molar refractivity (Wildman–Crippen MR) is 122 cm³/mol. The van der Waals surface area contributed by atoms with Gasteiger partial charge in [0.05, 0.1) is 5.75 Å². The molecule has 2 N–H and O–H groups in total. The molecule has 2 aromatic rings. The second-order valence-corrected chi connectivity index (χ2v) is 12.2. The van der Waals surface area contributed by atoms with Gasteiger partial charge in [-0.3, -0.25) is 4.79 Å². The summed E-state index contributed by atoms with van der Waals surface area (Å²) in [5, 5.41) is 9.30. The minimum absolute atomic E-state index is 0.125. The lowest BCUT2D eigenvalue weighted by Crippen LogP contribution is -2.64. The number of amides is 1. The van der Waals surface area contributed by atoms with E-state index in [0.29, 0.717) is 23.9 Å². The molecule has 160 valence electrons. The standard InChI is InChI=1S/C23H30N4OS2/c1-12-4-17-22(24-11-25-23(17)30-12)29-10-20(28)26-18-2-3-19(18)27-21-15-6-13-5-14(8-15)9-16(21)7-13/h4,11,13-16,18-19,21,27H,2-3,5-10H2,1H3,(H,26,28)/t13?,14?,15?,16?,18-,19+,21?/m0/s1. The van der Waals surface area contributed by atoms with E-state index in [1.54, 1.807) is 17.7 Å². The molecule has 2 heterocycles. The molecule has 2 aromatic heterocycles. The van der Waals surface area contributed by atoms with Crippen LogP contribution in [0.2, 0.25) is 0 Å². The van der Waals surface area contributed by atoms with Crippen LogP contribution >= 0.6 is 23.1 Å². The van der Waals surface area contributed by atoms with E-state index in [-0.39, 0.29) is 5.91 Å². The summed E-state index contributed by atoms with van der Waals surface area (Å²) < 4.78 is 0. The number of carbonyl (C=O) groups is 1. The zero-order chi connectivity index (χ0) is 20.2. The molecule has 5 aliphatic carbocycles. The van der Waals surface area contributed by atoms with Crippen LogP contribution in [0.3, 0.4) is 0 Å². The van der Waals surface area contributed by atoms with Crippen molar-refractivity contribution in [2.24, 2.45) is 23.7 Å². The Kier molecular flexibility index (Phi) is 5.04. The Balaban J connectivity index is 1.03. The van der Waals surface area contributed by atoms with Gasteiger partial charge in [0.1, 0.15) is 16.2 Å². The Bertz CT molecular complexity index is 932. The lowest BCUT2D eigenvalue weighted by Gasteiger charge is -2.56. The van der Waals surface area contributed by atoms with Gasteiger partial charge in [0.15, 0.2) is 0 Å². The van der Waals surface area contributed by atoms with E-state index in [1.165, 1.54) is 55.2 Å². The van der Waals surface area contributed by atoms with Crippen molar-refractivity contribution < 1.29 is 4.79 Å². The van der Waals surface area contributed by atoms with Crippen LogP contribution in [-0.4, -0.2) is 39.8 Å². The van der Waals surface area contributed by atoms with Crippen molar-refractivity contribution in [2.45, 2.75) is 75.0 Å². The number of carbonyl (C=O) groups excluding carboxylic acids is 1. The quantitative estimate of drug-likeness (QED) is 0.520. The Morgan fingerprint density at radius 3 is 2.53 bits per heavy atom. The van der Waals surface area contributed by atoms with Gasteiger partial charge in [-0.05, 0) is 81.6 Å². The van der Waals surface area contributed by atoms with Crippen molar-refractivity contribution in [3.05, 3.63) is 17.3 Å². The summed E-state index contributed by atoms with van der Waals surface area (Å²) in [6.45, 7) is 2.08. The Morgan fingerprint density at radius 2 is 1.83 bits per heavy atom. The monoisotopic (exact) mass is 442 g/mol. The number of nitrogens with zero attached hydrogens (tertiary/aromatic N) is 2. The fourth-order valence-electron chi connectivity index (χ4n) is 6.77. The molecule has 1 amide bonds. The number of aryl methyl sites for hydroxylation is 1. The summed E-state index contributed by atoms with van der Waals surface area (Å²) in [6, 6.07) is 3.58. The van der Waals surface area contributed by atoms with Crippen molar-refractivity contribution in [1.29, 1.82) is 0 Å². The van der Waals surface area contributed by atoms with Crippen molar-refractivity contribution >= 4 is 39.2 Å². The topological polar surface area (TPSA) is 66.9 Å². The molecule has 5 aliphatic rings. The highest BCUT2D eigenvalue weighted by atomic mass is 32.2. The number of hydrogen-bond acceptors (Lipinski definition) is 6. The molecule has 0 radical (unpaired) electrons. The third-order valence-electron chi connectivity index (χ3n) is 8.01. The lowest BCUT2D eigenvalue weighted by molar-refractivity contribution is -0.120. The average Bonchev–Trinajstić information content (AvgIpc) is 3.09. The van der Waals surface area contributed by atoms with E-state index >= 15 is 0 Å². The minimum Gasteiger partial charge on any atom is -0.351 e. The number of nitrogens with one attached hydrogen (secondary N) is 2. The van der Waals surface area contributed by atoms with Crippen molar-refractivity contribution in [3.8, 4) is 0 Å². The lowest BCUT2D eigenvalue weighted by atomic mass is 9.54. The molecular weight excluding hydrogens is 412 g/mol. The van der Waals surface area contributed by atoms with Gasteiger partial charge >= 0.3 is 0 Å². The zero-order valence-electron chi connectivity index (χ0n) is 17.5. The summed E-state index contributed by atoms with van der Waals surface area (Å²) in [4.78, 5) is 23.6. The molecule has 0 saturated heterocycles. The first-order valence-electron chi connectivity index (χ1n) is 11.5. The van der Waals surface area contributed by atoms with Gasteiger partial charge in [-0.25, -0.2) is 9.97 Å². The van der Waals surface area contributed by atoms with Crippen LogP contribution in [0.1, 0.15) is 49.8 Å². The third-order valence-corrected chi connectivity index (χ3v) is 9.97. The summed E-state index contributed by atoms with van der Waals surface area (Å²) in [5.41, 5.74) is 0. The van der Waals surface area contributed by atoms with Crippen LogP contribution in [0.25, 0.3) is 10.2 Å². The molecule has 5 fully saturated rings. The van der Waals surface area contributed by atoms with Crippen LogP contribution in [0.5, 0.6) is 0 Å². The average molecular weight is 443 g/mol. The summed E-state index contributed by atoms with van der Waals surface area (Å²) in [7, 11) is 0. The number of thiophene rings is 1. The summed E-state index contributed by atoms with van der Waals surface area (Å²) >= 11 is 3.20. The van der Waals surface area contributed by atoms with Gasteiger partial charge in [-0.15, -0.1) is 11.3 Å². The molecule has 0 unspecified atom stereocenters. The van der Waals surface area contributed by atoms with Gasteiger partial charge in [-0.1, -0.05) is 11.8 Å². The highest BCUT2D eigenvalue weighted by Crippen LogP contribution is 2.54.